The fourth-order valence-corrected chi connectivity index (χ4v) is 4.51. The van der Waals surface area contributed by atoms with Gasteiger partial charge in [-0.3, -0.25) is 0 Å². The van der Waals surface area contributed by atoms with E-state index in [-0.39, 0.29) is 0 Å². The van der Waals surface area contributed by atoms with Crippen LogP contribution in [0.1, 0.15) is 49.3 Å². The molecular weight excluding hydrogens is 398 g/mol. The van der Waals surface area contributed by atoms with Crippen molar-refractivity contribution < 1.29 is 14.6 Å². The van der Waals surface area contributed by atoms with Crippen molar-refractivity contribution in [1.82, 2.24) is 4.57 Å². The Balaban J connectivity index is 2.14. The average molecular weight is 424 g/mol. The molecule has 0 saturated carbocycles. The molecule has 1 aliphatic heterocycles. The van der Waals surface area contributed by atoms with Crippen molar-refractivity contribution in [3.63, 3.8) is 0 Å². The topological polar surface area (TPSA) is 51.5 Å². The highest BCUT2D eigenvalue weighted by Crippen LogP contribution is 2.44. The van der Waals surface area contributed by atoms with Crippen molar-refractivity contribution in [2.45, 2.75) is 52.7 Å². The SMILES string of the molecule is Cc1c([C@H](OC(C)(C)C)C(=O)O)c(-c2ccc(Cl)cc2)c2cc(C)n3c2c1CC=C3. The number of carboxylic acids is 1. The minimum Gasteiger partial charge on any atom is -0.479 e. The van der Waals surface area contributed by atoms with Gasteiger partial charge >= 0.3 is 5.97 Å². The number of aromatic nitrogens is 1. The first kappa shape index (κ1) is 20.7. The van der Waals surface area contributed by atoms with Crippen molar-refractivity contribution in [3.8, 4) is 11.1 Å². The molecule has 3 aromatic rings. The Morgan fingerprint density at radius 3 is 2.47 bits per heavy atom. The number of rotatable bonds is 4. The van der Waals surface area contributed by atoms with E-state index in [0.717, 1.165) is 50.8 Å². The third-order valence-corrected chi connectivity index (χ3v) is 5.83. The lowest BCUT2D eigenvalue weighted by Gasteiger charge is -2.29. The van der Waals surface area contributed by atoms with E-state index in [1.165, 1.54) is 0 Å². The molecule has 1 N–H and O–H groups in total. The van der Waals surface area contributed by atoms with Crippen molar-refractivity contribution >= 4 is 34.7 Å². The first-order chi connectivity index (χ1) is 14.1. The van der Waals surface area contributed by atoms with E-state index in [1.807, 2.05) is 52.0 Å². The van der Waals surface area contributed by atoms with Crippen molar-refractivity contribution in [2.24, 2.45) is 0 Å². The Bertz CT molecular complexity index is 1180. The maximum atomic E-state index is 12.4. The molecule has 156 valence electrons. The molecule has 0 aliphatic carbocycles. The van der Waals surface area contributed by atoms with Crippen LogP contribution >= 0.6 is 11.6 Å². The summed E-state index contributed by atoms with van der Waals surface area (Å²) in [5.74, 6) is -0.989. The summed E-state index contributed by atoms with van der Waals surface area (Å²) in [6.45, 7) is 9.72. The molecule has 2 heterocycles. The second kappa shape index (κ2) is 7.29. The van der Waals surface area contributed by atoms with E-state index in [2.05, 4.69) is 29.8 Å². The second-order valence-electron chi connectivity index (χ2n) is 8.85. The monoisotopic (exact) mass is 423 g/mol. The van der Waals surface area contributed by atoms with Gasteiger partial charge < -0.3 is 14.4 Å². The van der Waals surface area contributed by atoms with E-state index in [1.54, 1.807) is 0 Å². The Morgan fingerprint density at radius 1 is 1.20 bits per heavy atom. The maximum absolute atomic E-state index is 12.4. The number of hydrogen-bond donors (Lipinski definition) is 1. The molecule has 4 rings (SSSR count). The predicted molar refractivity (Wildman–Crippen MR) is 122 cm³/mol. The van der Waals surface area contributed by atoms with Crippen LogP contribution in [-0.2, 0) is 16.0 Å². The van der Waals surface area contributed by atoms with Crippen LogP contribution in [-0.4, -0.2) is 21.2 Å². The zero-order chi connectivity index (χ0) is 21.8. The van der Waals surface area contributed by atoms with Crippen LogP contribution in [0.25, 0.3) is 28.2 Å². The number of aliphatic carboxylic acids is 1. The molecule has 0 radical (unpaired) electrons. The first-order valence-electron chi connectivity index (χ1n) is 10.1. The highest BCUT2D eigenvalue weighted by molar-refractivity contribution is 6.30. The molecule has 2 aromatic carbocycles. The van der Waals surface area contributed by atoms with Crippen LogP contribution in [0.2, 0.25) is 5.02 Å². The van der Waals surface area contributed by atoms with Gasteiger partial charge in [0.25, 0.3) is 0 Å². The number of ether oxygens (including phenoxy) is 1. The van der Waals surface area contributed by atoms with Crippen molar-refractivity contribution in [3.05, 3.63) is 63.8 Å². The fraction of sp³-hybridized carbons (Fsp3) is 0.320. The second-order valence-corrected chi connectivity index (χ2v) is 9.29. The number of nitrogens with zero attached hydrogens (tertiary/aromatic N) is 1. The third kappa shape index (κ3) is 3.44. The molecular formula is C25H26ClNO3. The molecule has 4 nitrogen and oxygen atoms in total. The number of carbonyl (C=O) groups is 1. The van der Waals surface area contributed by atoms with E-state index in [4.69, 9.17) is 16.3 Å². The summed E-state index contributed by atoms with van der Waals surface area (Å²) >= 11 is 6.14. The summed E-state index contributed by atoms with van der Waals surface area (Å²) in [7, 11) is 0. The van der Waals surface area contributed by atoms with Gasteiger partial charge in [0, 0.05) is 27.9 Å². The average Bonchev–Trinajstić information content (AvgIpc) is 3.00. The summed E-state index contributed by atoms with van der Waals surface area (Å²) in [4.78, 5) is 12.4. The molecule has 1 aliphatic rings. The lowest BCUT2D eigenvalue weighted by atomic mass is 9.85. The van der Waals surface area contributed by atoms with Crippen LogP contribution in [0.4, 0.5) is 0 Å². The summed E-state index contributed by atoms with van der Waals surface area (Å²) in [6, 6.07) is 9.71. The van der Waals surface area contributed by atoms with Gasteiger partial charge in [0.2, 0.25) is 0 Å². The van der Waals surface area contributed by atoms with Gasteiger partial charge in [-0.25, -0.2) is 4.79 Å². The van der Waals surface area contributed by atoms with Gasteiger partial charge in [0.05, 0.1) is 11.1 Å². The number of halogens is 1. The van der Waals surface area contributed by atoms with Crippen LogP contribution in [0.5, 0.6) is 0 Å². The fourth-order valence-electron chi connectivity index (χ4n) is 4.38. The number of aryl methyl sites for hydroxylation is 1. The smallest absolute Gasteiger partial charge is 0.337 e. The van der Waals surface area contributed by atoms with E-state index in [0.29, 0.717) is 5.02 Å². The lowest BCUT2D eigenvalue weighted by molar-refractivity contribution is -0.160. The summed E-state index contributed by atoms with van der Waals surface area (Å²) < 4.78 is 8.29. The van der Waals surface area contributed by atoms with E-state index >= 15 is 0 Å². The molecule has 0 amide bonds. The molecule has 0 fully saturated rings. The molecule has 1 aromatic heterocycles. The van der Waals surface area contributed by atoms with Gasteiger partial charge in [-0.15, -0.1) is 0 Å². The Kier molecular flexibility index (Phi) is 5.03. The van der Waals surface area contributed by atoms with E-state index < -0.39 is 17.7 Å². The highest BCUT2D eigenvalue weighted by Gasteiger charge is 2.33. The van der Waals surface area contributed by atoms with Crippen LogP contribution in [0, 0.1) is 13.8 Å². The zero-order valence-corrected chi connectivity index (χ0v) is 18.7. The number of benzene rings is 2. The lowest BCUT2D eigenvalue weighted by Crippen LogP contribution is -2.28. The Labute approximate surface area is 181 Å². The van der Waals surface area contributed by atoms with Crippen LogP contribution in [0.3, 0.4) is 0 Å². The Hall–Kier alpha value is -2.56. The molecule has 30 heavy (non-hydrogen) atoms. The molecule has 0 spiro atoms. The molecule has 0 unspecified atom stereocenters. The summed E-state index contributed by atoms with van der Waals surface area (Å²) in [5, 5.41) is 11.9. The highest BCUT2D eigenvalue weighted by atomic mass is 35.5. The van der Waals surface area contributed by atoms with Crippen LogP contribution < -0.4 is 0 Å². The van der Waals surface area contributed by atoms with Gasteiger partial charge in [0.15, 0.2) is 6.10 Å². The van der Waals surface area contributed by atoms with Gasteiger partial charge in [-0.05, 0) is 81.5 Å². The molecule has 0 saturated heterocycles. The molecule has 5 heteroatoms. The first-order valence-corrected chi connectivity index (χ1v) is 10.5. The number of carboxylic acid groups (broad SMARTS) is 1. The third-order valence-electron chi connectivity index (χ3n) is 5.58. The minimum atomic E-state index is -1.08. The molecule has 0 bridgehead atoms. The van der Waals surface area contributed by atoms with Crippen molar-refractivity contribution in [1.29, 1.82) is 0 Å². The quantitative estimate of drug-likeness (QED) is 0.517. The van der Waals surface area contributed by atoms with Gasteiger partial charge in [-0.2, -0.15) is 0 Å². The maximum Gasteiger partial charge on any atom is 0.337 e. The normalized spacial score (nSPS) is 14.3. The Morgan fingerprint density at radius 2 is 1.87 bits per heavy atom. The predicted octanol–water partition coefficient (Wildman–Crippen LogP) is 6.55. The summed E-state index contributed by atoms with van der Waals surface area (Å²) in [6.07, 6.45) is 3.90. The van der Waals surface area contributed by atoms with E-state index in [9.17, 15) is 9.90 Å². The standard InChI is InChI=1S/C25H26ClNO3/c1-14-13-19-21(16-8-10-17(26)11-9-16)20(23(24(28)29)30-25(3,4)5)15(2)18-7-6-12-27(14)22(18)19/h6,8-13,23H,7H2,1-5H3,(H,28,29)/t23-/m0/s1. The largest absolute Gasteiger partial charge is 0.479 e. The number of allylic oxidation sites excluding steroid dienone is 1. The molecule has 1 atom stereocenters. The number of hydrogen-bond acceptors (Lipinski definition) is 2. The minimum absolute atomic E-state index is 0.610. The zero-order valence-electron chi connectivity index (χ0n) is 17.9. The van der Waals surface area contributed by atoms with Crippen molar-refractivity contribution in [2.75, 3.05) is 0 Å². The van der Waals surface area contributed by atoms with Crippen LogP contribution in [0.15, 0.2) is 36.4 Å². The summed E-state index contributed by atoms with van der Waals surface area (Å²) in [5.41, 5.74) is 6.30. The van der Waals surface area contributed by atoms with Gasteiger partial charge in [0.1, 0.15) is 0 Å². The van der Waals surface area contributed by atoms with Gasteiger partial charge in [-0.1, -0.05) is 29.8 Å².